The van der Waals surface area contributed by atoms with Crippen LogP contribution in [0.25, 0.3) is 6.08 Å². The second kappa shape index (κ2) is 7.05. The predicted octanol–water partition coefficient (Wildman–Crippen LogP) is 3.50. The van der Waals surface area contributed by atoms with Crippen molar-refractivity contribution in [2.75, 3.05) is 5.43 Å². The quantitative estimate of drug-likeness (QED) is 0.853. The normalized spacial score (nSPS) is 18.3. The molecule has 1 fully saturated rings. The molecule has 3 rings (SSSR count). The smallest absolute Gasteiger partial charge is 0.252 e. The first-order valence-electron chi connectivity index (χ1n) is 7.87. The molecule has 118 valence electrons. The highest BCUT2D eigenvalue weighted by atomic mass is 16.1. The third kappa shape index (κ3) is 4.16. The monoisotopic (exact) mass is 308 g/mol. The summed E-state index contributed by atoms with van der Waals surface area (Å²) >= 11 is 0. The fraction of sp³-hybridized carbons (Fsp3) is 0.278. The van der Waals surface area contributed by atoms with E-state index in [1.165, 1.54) is 23.6 Å². The maximum atomic E-state index is 11.5. The summed E-state index contributed by atoms with van der Waals surface area (Å²) in [5.74, 6) is 0.382. The summed E-state index contributed by atoms with van der Waals surface area (Å²) in [6.07, 6.45) is 6.45. The molecule has 0 saturated heterocycles. The standard InChI is InChI=1S/C18H20N4O/c1-13-11-17(23)20-18(19-13)22-21-16-10-6-5-9-15(16)12-14-7-3-2-4-8-14/h2-4,7-8,11-12H,5-6,9-10H2,1H3,(H2,19,20,22,23)/b15-12+,21-16+. The molecule has 1 saturated carbocycles. The largest absolute Gasteiger partial charge is 0.291 e. The van der Waals surface area contributed by atoms with Crippen LogP contribution in [0.5, 0.6) is 0 Å². The first kappa shape index (κ1) is 15.2. The van der Waals surface area contributed by atoms with Crippen LogP contribution in [0.3, 0.4) is 0 Å². The van der Waals surface area contributed by atoms with Gasteiger partial charge in [0.15, 0.2) is 0 Å². The SMILES string of the molecule is Cc1cc(=O)[nH]c(N/N=C2\CCCC\C2=C/c2ccccc2)n1. The molecule has 0 amide bonds. The topological polar surface area (TPSA) is 70.1 Å². The molecule has 0 spiro atoms. The van der Waals surface area contributed by atoms with Crippen LogP contribution in [-0.2, 0) is 0 Å². The Balaban J connectivity index is 1.83. The average Bonchev–Trinajstić information content (AvgIpc) is 2.54. The van der Waals surface area contributed by atoms with E-state index in [1.54, 1.807) is 6.92 Å². The van der Waals surface area contributed by atoms with Crippen molar-refractivity contribution in [1.29, 1.82) is 0 Å². The van der Waals surface area contributed by atoms with E-state index in [2.05, 4.69) is 38.7 Å². The van der Waals surface area contributed by atoms with Gasteiger partial charge in [0.2, 0.25) is 5.95 Å². The van der Waals surface area contributed by atoms with Crippen molar-refractivity contribution in [3.63, 3.8) is 0 Å². The van der Waals surface area contributed by atoms with E-state index in [9.17, 15) is 4.79 Å². The van der Waals surface area contributed by atoms with Crippen LogP contribution < -0.4 is 11.0 Å². The summed E-state index contributed by atoms with van der Waals surface area (Å²) in [4.78, 5) is 18.4. The predicted molar refractivity (Wildman–Crippen MR) is 93.5 cm³/mol. The van der Waals surface area contributed by atoms with Crippen molar-refractivity contribution < 1.29 is 0 Å². The second-order valence-corrected chi connectivity index (χ2v) is 5.69. The van der Waals surface area contributed by atoms with Gasteiger partial charge in [-0.3, -0.25) is 9.78 Å². The van der Waals surface area contributed by atoms with Crippen LogP contribution in [0.2, 0.25) is 0 Å². The van der Waals surface area contributed by atoms with Gasteiger partial charge in [0.05, 0.1) is 5.71 Å². The minimum absolute atomic E-state index is 0.177. The van der Waals surface area contributed by atoms with E-state index in [0.717, 1.165) is 25.0 Å². The molecular weight excluding hydrogens is 288 g/mol. The summed E-state index contributed by atoms with van der Waals surface area (Å²) in [6.45, 7) is 1.79. The number of allylic oxidation sites excluding steroid dienone is 1. The molecule has 23 heavy (non-hydrogen) atoms. The van der Waals surface area contributed by atoms with E-state index in [0.29, 0.717) is 11.6 Å². The molecule has 0 radical (unpaired) electrons. The number of hydrazone groups is 1. The Kier molecular flexibility index (Phi) is 4.66. The van der Waals surface area contributed by atoms with Crippen molar-refractivity contribution in [3.05, 3.63) is 63.6 Å². The van der Waals surface area contributed by atoms with Gasteiger partial charge < -0.3 is 0 Å². The van der Waals surface area contributed by atoms with Gasteiger partial charge in [0.1, 0.15) is 0 Å². The second-order valence-electron chi connectivity index (χ2n) is 5.69. The van der Waals surface area contributed by atoms with Gasteiger partial charge in [-0.25, -0.2) is 10.4 Å². The van der Waals surface area contributed by atoms with E-state index in [1.807, 2.05) is 18.2 Å². The van der Waals surface area contributed by atoms with Crippen LogP contribution >= 0.6 is 0 Å². The summed E-state index contributed by atoms with van der Waals surface area (Å²) in [6, 6.07) is 11.7. The molecule has 1 heterocycles. The summed E-state index contributed by atoms with van der Waals surface area (Å²) in [5, 5.41) is 4.48. The highest BCUT2D eigenvalue weighted by molar-refractivity contribution is 6.04. The van der Waals surface area contributed by atoms with Crippen molar-refractivity contribution in [2.45, 2.75) is 32.6 Å². The Morgan fingerprint density at radius 2 is 2.00 bits per heavy atom. The number of benzene rings is 1. The number of nitrogens with one attached hydrogen (secondary N) is 2. The molecule has 0 atom stereocenters. The van der Waals surface area contributed by atoms with Crippen LogP contribution in [0.15, 0.2) is 51.9 Å². The number of rotatable bonds is 3. The maximum Gasteiger partial charge on any atom is 0.252 e. The van der Waals surface area contributed by atoms with E-state index in [4.69, 9.17) is 0 Å². The maximum absolute atomic E-state index is 11.5. The molecule has 2 N–H and O–H groups in total. The van der Waals surface area contributed by atoms with Crippen molar-refractivity contribution in [1.82, 2.24) is 9.97 Å². The van der Waals surface area contributed by atoms with Crippen molar-refractivity contribution in [2.24, 2.45) is 5.10 Å². The minimum atomic E-state index is -0.177. The summed E-state index contributed by atoms with van der Waals surface area (Å²) in [7, 11) is 0. The molecule has 1 aromatic carbocycles. The number of H-pyrrole nitrogens is 1. The molecule has 0 bridgehead atoms. The Bertz CT molecular complexity index is 790. The van der Waals surface area contributed by atoms with Crippen LogP contribution in [0.1, 0.15) is 36.9 Å². The molecule has 1 aromatic heterocycles. The fourth-order valence-corrected chi connectivity index (χ4v) is 2.70. The van der Waals surface area contributed by atoms with Crippen molar-refractivity contribution >= 4 is 17.7 Å². The van der Waals surface area contributed by atoms with Gasteiger partial charge in [-0.05, 0) is 49.8 Å². The van der Waals surface area contributed by atoms with Gasteiger partial charge >= 0.3 is 0 Å². The molecule has 0 aliphatic heterocycles. The molecule has 2 aromatic rings. The van der Waals surface area contributed by atoms with E-state index >= 15 is 0 Å². The lowest BCUT2D eigenvalue weighted by Gasteiger charge is -2.17. The highest BCUT2D eigenvalue weighted by Crippen LogP contribution is 2.23. The zero-order valence-electron chi connectivity index (χ0n) is 13.2. The highest BCUT2D eigenvalue weighted by Gasteiger charge is 2.13. The number of anilines is 1. The molecule has 1 aliphatic carbocycles. The van der Waals surface area contributed by atoms with E-state index < -0.39 is 0 Å². The Hall–Kier alpha value is -2.69. The average molecular weight is 308 g/mol. The first-order chi connectivity index (χ1) is 11.2. The summed E-state index contributed by atoms with van der Waals surface area (Å²) in [5.41, 5.74) is 6.83. The summed E-state index contributed by atoms with van der Waals surface area (Å²) < 4.78 is 0. The zero-order valence-corrected chi connectivity index (χ0v) is 13.2. The lowest BCUT2D eigenvalue weighted by atomic mass is 9.91. The zero-order chi connectivity index (χ0) is 16.1. The molecule has 5 heteroatoms. The third-order valence-corrected chi connectivity index (χ3v) is 3.79. The Labute approximate surface area is 135 Å². The van der Waals surface area contributed by atoms with Gasteiger partial charge in [-0.2, -0.15) is 5.10 Å². The molecule has 0 unspecified atom stereocenters. The fourth-order valence-electron chi connectivity index (χ4n) is 2.70. The Morgan fingerprint density at radius 1 is 1.22 bits per heavy atom. The van der Waals surface area contributed by atoms with Gasteiger partial charge in [0, 0.05) is 11.8 Å². The Morgan fingerprint density at radius 3 is 2.78 bits per heavy atom. The number of nitrogens with zero attached hydrogens (tertiary/aromatic N) is 2. The van der Waals surface area contributed by atoms with Gasteiger partial charge in [-0.15, -0.1) is 0 Å². The lowest BCUT2D eigenvalue weighted by Crippen LogP contribution is -2.14. The van der Waals surface area contributed by atoms with Crippen LogP contribution in [0.4, 0.5) is 5.95 Å². The lowest BCUT2D eigenvalue weighted by molar-refractivity contribution is 0.734. The number of aromatic amines is 1. The van der Waals surface area contributed by atoms with Crippen molar-refractivity contribution in [3.8, 4) is 0 Å². The van der Waals surface area contributed by atoms with Gasteiger partial charge in [0.25, 0.3) is 5.56 Å². The number of aromatic nitrogens is 2. The van der Waals surface area contributed by atoms with Crippen LogP contribution in [0, 0.1) is 6.92 Å². The minimum Gasteiger partial charge on any atom is -0.291 e. The number of hydrogen-bond acceptors (Lipinski definition) is 4. The van der Waals surface area contributed by atoms with Gasteiger partial charge in [-0.1, -0.05) is 30.3 Å². The van der Waals surface area contributed by atoms with Crippen LogP contribution in [-0.4, -0.2) is 15.7 Å². The van der Waals surface area contributed by atoms with E-state index in [-0.39, 0.29) is 5.56 Å². The molecule has 1 aliphatic rings. The number of aryl methyl sites for hydroxylation is 1. The third-order valence-electron chi connectivity index (χ3n) is 3.79. The first-order valence-corrected chi connectivity index (χ1v) is 7.87. The molecule has 5 nitrogen and oxygen atoms in total. The number of hydrogen-bond donors (Lipinski definition) is 2. The molecular formula is C18H20N4O.